The third-order valence-corrected chi connectivity index (χ3v) is 5.31. The maximum absolute atomic E-state index is 13.4. The van der Waals surface area contributed by atoms with Crippen molar-refractivity contribution in [2.75, 3.05) is 31.9 Å². The van der Waals surface area contributed by atoms with E-state index in [0.29, 0.717) is 26.1 Å². The number of nitrogens with two attached hydrogens (primary N) is 1. The van der Waals surface area contributed by atoms with Gasteiger partial charge in [-0.05, 0) is 24.6 Å². The molecule has 1 amide bonds. The molecule has 2 N–H and O–H groups in total. The van der Waals surface area contributed by atoms with Gasteiger partial charge in [-0.25, -0.2) is 12.8 Å². The number of nitrogens with zero attached hydrogens (tertiary/aromatic N) is 2. The SMILES string of the molecule is CC(=O)N1CCCN(S(=O)(=O)c2cc(N)cc(F)c2)CC1. The first-order valence-corrected chi connectivity index (χ1v) is 8.06. The zero-order chi connectivity index (χ0) is 15.6. The summed E-state index contributed by atoms with van der Waals surface area (Å²) in [7, 11) is -3.80. The van der Waals surface area contributed by atoms with Crippen LogP contribution in [0.5, 0.6) is 0 Å². The van der Waals surface area contributed by atoms with E-state index in [1.807, 2.05) is 0 Å². The summed E-state index contributed by atoms with van der Waals surface area (Å²) in [6, 6.07) is 3.27. The Kier molecular flexibility index (Phi) is 4.48. The number of amides is 1. The van der Waals surface area contributed by atoms with Crippen LogP contribution in [0.3, 0.4) is 0 Å². The van der Waals surface area contributed by atoms with Crippen LogP contribution in [0.4, 0.5) is 10.1 Å². The van der Waals surface area contributed by atoms with Crippen molar-refractivity contribution in [3.05, 3.63) is 24.0 Å². The molecule has 0 atom stereocenters. The first kappa shape index (κ1) is 15.7. The molecular weight excluding hydrogens is 297 g/mol. The smallest absolute Gasteiger partial charge is 0.243 e. The molecule has 1 aliphatic rings. The van der Waals surface area contributed by atoms with Gasteiger partial charge in [0, 0.05) is 38.8 Å². The number of hydrogen-bond acceptors (Lipinski definition) is 4. The molecule has 1 heterocycles. The Morgan fingerprint density at radius 2 is 1.90 bits per heavy atom. The molecule has 21 heavy (non-hydrogen) atoms. The highest BCUT2D eigenvalue weighted by Gasteiger charge is 2.28. The van der Waals surface area contributed by atoms with Gasteiger partial charge in [0.2, 0.25) is 15.9 Å². The number of halogens is 1. The van der Waals surface area contributed by atoms with Gasteiger partial charge in [0.1, 0.15) is 5.82 Å². The molecule has 1 saturated heterocycles. The lowest BCUT2D eigenvalue weighted by Gasteiger charge is -2.21. The molecule has 2 rings (SSSR count). The Hall–Kier alpha value is -1.67. The second-order valence-electron chi connectivity index (χ2n) is 4.98. The number of benzene rings is 1. The Bertz CT molecular complexity index is 628. The Balaban J connectivity index is 2.25. The third kappa shape index (κ3) is 3.51. The summed E-state index contributed by atoms with van der Waals surface area (Å²) in [5.41, 5.74) is 5.57. The van der Waals surface area contributed by atoms with E-state index in [4.69, 9.17) is 5.73 Å². The maximum Gasteiger partial charge on any atom is 0.243 e. The van der Waals surface area contributed by atoms with Crippen molar-refractivity contribution in [2.45, 2.75) is 18.2 Å². The average molecular weight is 315 g/mol. The van der Waals surface area contributed by atoms with Gasteiger partial charge >= 0.3 is 0 Å². The van der Waals surface area contributed by atoms with Crippen LogP contribution in [-0.2, 0) is 14.8 Å². The summed E-state index contributed by atoms with van der Waals surface area (Å²) >= 11 is 0. The fraction of sp³-hybridized carbons (Fsp3) is 0.462. The minimum Gasteiger partial charge on any atom is -0.399 e. The third-order valence-electron chi connectivity index (χ3n) is 3.43. The van der Waals surface area contributed by atoms with E-state index in [1.54, 1.807) is 4.90 Å². The predicted molar refractivity (Wildman–Crippen MR) is 76.4 cm³/mol. The molecule has 6 nitrogen and oxygen atoms in total. The van der Waals surface area contributed by atoms with Crippen molar-refractivity contribution in [2.24, 2.45) is 0 Å². The first-order valence-electron chi connectivity index (χ1n) is 6.62. The van der Waals surface area contributed by atoms with Gasteiger partial charge in [-0.15, -0.1) is 0 Å². The Morgan fingerprint density at radius 1 is 1.19 bits per heavy atom. The standard InChI is InChI=1S/C13H18FN3O3S/c1-10(18)16-3-2-4-17(6-5-16)21(19,20)13-8-11(14)7-12(15)9-13/h7-9H,2-6,15H2,1H3. The normalized spacial score (nSPS) is 17.5. The maximum atomic E-state index is 13.4. The van der Waals surface area contributed by atoms with Crippen molar-refractivity contribution >= 4 is 21.6 Å². The van der Waals surface area contributed by atoms with Crippen molar-refractivity contribution in [3.63, 3.8) is 0 Å². The molecule has 0 aromatic heterocycles. The number of nitrogen functional groups attached to an aromatic ring is 1. The van der Waals surface area contributed by atoms with Gasteiger partial charge in [0.25, 0.3) is 0 Å². The minimum absolute atomic E-state index is 0.0637. The van der Waals surface area contributed by atoms with Crippen LogP contribution >= 0.6 is 0 Å². The molecule has 0 radical (unpaired) electrons. The van der Waals surface area contributed by atoms with Crippen molar-refractivity contribution < 1.29 is 17.6 Å². The Labute approximate surface area is 123 Å². The van der Waals surface area contributed by atoms with Crippen LogP contribution in [0.25, 0.3) is 0 Å². The van der Waals surface area contributed by atoms with Gasteiger partial charge in [0.15, 0.2) is 0 Å². The van der Waals surface area contributed by atoms with E-state index in [-0.39, 0.29) is 23.0 Å². The number of carbonyl (C=O) groups is 1. The van der Waals surface area contributed by atoms with E-state index in [2.05, 4.69) is 0 Å². The van der Waals surface area contributed by atoms with Gasteiger partial charge in [-0.1, -0.05) is 0 Å². The molecule has 0 spiro atoms. The van der Waals surface area contributed by atoms with Crippen LogP contribution in [0, 0.1) is 5.82 Å². The monoisotopic (exact) mass is 315 g/mol. The quantitative estimate of drug-likeness (QED) is 0.812. The number of sulfonamides is 1. The molecule has 0 bridgehead atoms. The molecule has 0 saturated carbocycles. The summed E-state index contributed by atoms with van der Waals surface area (Å²) < 4.78 is 39.7. The lowest BCUT2D eigenvalue weighted by atomic mass is 10.3. The predicted octanol–water partition coefficient (Wildman–Crippen LogP) is 0.651. The summed E-state index contributed by atoms with van der Waals surface area (Å²) in [4.78, 5) is 12.8. The second kappa shape index (κ2) is 5.98. The van der Waals surface area contributed by atoms with Gasteiger partial charge in [-0.2, -0.15) is 4.31 Å². The number of hydrogen-bond donors (Lipinski definition) is 1. The van der Waals surface area contributed by atoms with Crippen LogP contribution in [0.1, 0.15) is 13.3 Å². The van der Waals surface area contributed by atoms with E-state index >= 15 is 0 Å². The number of anilines is 1. The van der Waals surface area contributed by atoms with E-state index in [1.165, 1.54) is 17.3 Å². The van der Waals surface area contributed by atoms with Gasteiger partial charge in [-0.3, -0.25) is 4.79 Å². The highest BCUT2D eigenvalue weighted by Crippen LogP contribution is 2.21. The first-order chi connectivity index (χ1) is 9.80. The minimum atomic E-state index is -3.80. The zero-order valence-electron chi connectivity index (χ0n) is 11.8. The average Bonchev–Trinajstić information content (AvgIpc) is 2.63. The van der Waals surface area contributed by atoms with Crippen LogP contribution in [0.2, 0.25) is 0 Å². The van der Waals surface area contributed by atoms with Crippen LogP contribution < -0.4 is 5.73 Å². The van der Waals surface area contributed by atoms with Crippen molar-refractivity contribution in [1.82, 2.24) is 9.21 Å². The molecule has 1 aromatic carbocycles. The second-order valence-corrected chi connectivity index (χ2v) is 6.92. The highest BCUT2D eigenvalue weighted by molar-refractivity contribution is 7.89. The summed E-state index contributed by atoms with van der Waals surface area (Å²) in [5, 5.41) is 0. The fourth-order valence-electron chi connectivity index (χ4n) is 2.33. The van der Waals surface area contributed by atoms with E-state index < -0.39 is 15.8 Å². The van der Waals surface area contributed by atoms with E-state index in [9.17, 15) is 17.6 Å². The molecule has 116 valence electrons. The fourth-order valence-corrected chi connectivity index (χ4v) is 3.87. The molecule has 8 heteroatoms. The highest BCUT2D eigenvalue weighted by atomic mass is 32.2. The lowest BCUT2D eigenvalue weighted by molar-refractivity contribution is -0.128. The molecule has 1 aromatic rings. The largest absolute Gasteiger partial charge is 0.399 e. The molecule has 1 fully saturated rings. The Morgan fingerprint density at radius 3 is 2.52 bits per heavy atom. The van der Waals surface area contributed by atoms with Crippen LogP contribution in [-0.4, -0.2) is 49.7 Å². The molecule has 0 unspecified atom stereocenters. The van der Waals surface area contributed by atoms with Crippen molar-refractivity contribution in [3.8, 4) is 0 Å². The molecular formula is C13H18FN3O3S. The topological polar surface area (TPSA) is 83.7 Å². The number of rotatable bonds is 2. The van der Waals surface area contributed by atoms with Gasteiger partial charge in [0.05, 0.1) is 4.90 Å². The summed E-state index contributed by atoms with van der Waals surface area (Å²) in [5.74, 6) is -0.766. The van der Waals surface area contributed by atoms with Crippen LogP contribution in [0.15, 0.2) is 23.1 Å². The zero-order valence-corrected chi connectivity index (χ0v) is 12.6. The molecule has 0 aliphatic carbocycles. The summed E-state index contributed by atoms with van der Waals surface area (Å²) in [6.07, 6.45) is 0.545. The van der Waals surface area contributed by atoms with Gasteiger partial charge < -0.3 is 10.6 Å². The van der Waals surface area contributed by atoms with Crippen molar-refractivity contribution in [1.29, 1.82) is 0 Å². The number of carbonyl (C=O) groups excluding carboxylic acids is 1. The molecule has 1 aliphatic heterocycles. The lowest BCUT2D eigenvalue weighted by Crippen LogP contribution is -2.36. The van der Waals surface area contributed by atoms with E-state index in [0.717, 1.165) is 12.1 Å². The summed E-state index contributed by atoms with van der Waals surface area (Å²) in [6.45, 7) is 2.80.